The van der Waals surface area contributed by atoms with Crippen LogP contribution in [0.2, 0.25) is 0 Å². The number of hydrogen-bond acceptors (Lipinski definition) is 1. The van der Waals surface area contributed by atoms with Crippen molar-refractivity contribution in [1.29, 1.82) is 0 Å². The zero-order valence-electron chi connectivity index (χ0n) is 11.1. The van der Waals surface area contributed by atoms with E-state index in [-0.39, 0.29) is 0 Å². The second kappa shape index (κ2) is 5.72. The molecule has 1 heteroatoms. The van der Waals surface area contributed by atoms with Crippen molar-refractivity contribution >= 4 is 0 Å². The summed E-state index contributed by atoms with van der Waals surface area (Å²) in [5.74, 6) is 0.389. The summed E-state index contributed by atoms with van der Waals surface area (Å²) in [5.41, 5.74) is 5.22. The number of phenols is 1. The molecule has 0 bridgehead atoms. The van der Waals surface area contributed by atoms with E-state index in [1.54, 1.807) is 0 Å². The summed E-state index contributed by atoms with van der Waals surface area (Å²) in [6, 6.07) is 14.3. The minimum atomic E-state index is 0.389. The summed E-state index contributed by atoms with van der Waals surface area (Å²) in [5, 5.41) is 9.75. The molecule has 0 unspecified atom stereocenters. The first-order chi connectivity index (χ1) is 8.74. The van der Waals surface area contributed by atoms with Crippen molar-refractivity contribution in [2.45, 2.75) is 33.1 Å². The molecular weight excluding hydrogens is 220 g/mol. The molecule has 0 amide bonds. The Morgan fingerprint density at radius 2 is 1.44 bits per heavy atom. The van der Waals surface area contributed by atoms with Crippen molar-refractivity contribution < 1.29 is 5.11 Å². The molecule has 0 aliphatic heterocycles. The Hall–Kier alpha value is -1.76. The highest BCUT2D eigenvalue weighted by Gasteiger charge is 2.09. The number of aromatic hydroxyl groups is 1. The molecule has 0 aromatic heterocycles. The molecule has 0 spiro atoms. The third-order valence-corrected chi connectivity index (χ3v) is 3.40. The molecule has 2 rings (SSSR count). The normalized spacial score (nSPS) is 10.6. The molecule has 0 heterocycles. The zero-order valence-corrected chi connectivity index (χ0v) is 11.1. The summed E-state index contributed by atoms with van der Waals surface area (Å²) >= 11 is 0. The van der Waals surface area contributed by atoms with E-state index in [4.69, 9.17) is 0 Å². The summed E-state index contributed by atoms with van der Waals surface area (Å²) in [6.45, 7) is 4.28. The Labute approximate surface area is 109 Å². The van der Waals surface area contributed by atoms with Crippen LogP contribution in [0.15, 0.2) is 42.5 Å². The van der Waals surface area contributed by atoms with Gasteiger partial charge in [-0.3, -0.25) is 0 Å². The van der Waals surface area contributed by atoms with Gasteiger partial charge >= 0.3 is 0 Å². The molecule has 1 N–H and O–H groups in total. The lowest BCUT2D eigenvalue weighted by Gasteiger charge is -2.14. The number of benzene rings is 2. The molecule has 0 radical (unpaired) electrons. The van der Waals surface area contributed by atoms with Gasteiger partial charge in [-0.25, -0.2) is 0 Å². The van der Waals surface area contributed by atoms with Crippen LogP contribution in [0, 0.1) is 0 Å². The topological polar surface area (TPSA) is 20.2 Å². The van der Waals surface area contributed by atoms with E-state index >= 15 is 0 Å². The largest absolute Gasteiger partial charge is 0.508 e. The van der Waals surface area contributed by atoms with Gasteiger partial charge in [0.2, 0.25) is 0 Å². The molecule has 0 saturated carbocycles. The van der Waals surface area contributed by atoms with Gasteiger partial charge in [0.05, 0.1) is 0 Å². The smallest absolute Gasteiger partial charge is 0.116 e. The summed E-state index contributed by atoms with van der Waals surface area (Å²) in [7, 11) is 0. The van der Waals surface area contributed by atoms with Gasteiger partial charge in [0.1, 0.15) is 5.75 Å². The lowest BCUT2D eigenvalue weighted by molar-refractivity contribution is 0.473. The fourth-order valence-corrected chi connectivity index (χ4v) is 2.44. The van der Waals surface area contributed by atoms with Gasteiger partial charge in [0.15, 0.2) is 0 Å². The predicted octanol–water partition coefficient (Wildman–Crippen LogP) is 4.11. The van der Waals surface area contributed by atoms with Crippen LogP contribution >= 0.6 is 0 Å². The highest BCUT2D eigenvalue weighted by atomic mass is 16.3. The lowest BCUT2D eigenvalue weighted by atomic mass is 9.92. The van der Waals surface area contributed by atoms with E-state index in [0.717, 1.165) is 19.3 Å². The maximum atomic E-state index is 9.75. The Morgan fingerprint density at radius 3 is 1.94 bits per heavy atom. The van der Waals surface area contributed by atoms with E-state index in [0.29, 0.717) is 5.75 Å². The number of phenolic OH excluding ortho intramolecular Hbond substituents is 1. The molecular formula is C17H20O. The molecule has 0 aliphatic rings. The first-order valence-corrected chi connectivity index (χ1v) is 6.62. The number of aryl methyl sites for hydroxylation is 2. The summed E-state index contributed by atoms with van der Waals surface area (Å²) < 4.78 is 0. The average molecular weight is 240 g/mol. The molecule has 1 nitrogen and oxygen atoms in total. The van der Waals surface area contributed by atoms with Gasteiger partial charge < -0.3 is 5.11 Å². The Bertz CT molecular complexity index is 489. The molecule has 0 saturated heterocycles. The molecule has 2 aromatic carbocycles. The fourth-order valence-electron chi connectivity index (χ4n) is 2.44. The van der Waals surface area contributed by atoms with Crippen LogP contribution < -0.4 is 0 Å². The van der Waals surface area contributed by atoms with E-state index in [1.807, 2.05) is 18.2 Å². The molecule has 18 heavy (non-hydrogen) atoms. The van der Waals surface area contributed by atoms with Crippen molar-refractivity contribution in [2.24, 2.45) is 0 Å². The molecule has 2 aromatic rings. The molecule has 0 aliphatic carbocycles. The minimum absolute atomic E-state index is 0.389. The van der Waals surface area contributed by atoms with Crippen molar-refractivity contribution in [3.05, 3.63) is 64.7 Å². The van der Waals surface area contributed by atoms with Crippen molar-refractivity contribution in [3.8, 4) is 5.75 Å². The average Bonchev–Trinajstić information content (AvgIpc) is 2.41. The van der Waals surface area contributed by atoms with Crippen LogP contribution in [0.25, 0.3) is 0 Å². The second-order valence-corrected chi connectivity index (χ2v) is 4.61. The Balaban J connectivity index is 2.42. The van der Waals surface area contributed by atoms with Crippen molar-refractivity contribution in [1.82, 2.24) is 0 Å². The van der Waals surface area contributed by atoms with Gasteiger partial charge in [-0.1, -0.05) is 44.2 Å². The third-order valence-electron chi connectivity index (χ3n) is 3.40. The maximum Gasteiger partial charge on any atom is 0.116 e. The number of hydrogen-bond donors (Lipinski definition) is 1. The molecule has 0 fully saturated rings. The van der Waals surface area contributed by atoms with Crippen LogP contribution in [0.5, 0.6) is 5.75 Å². The van der Waals surface area contributed by atoms with Gasteiger partial charge in [-0.15, -0.1) is 0 Å². The maximum absolute atomic E-state index is 9.75. The van der Waals surface area contributed by atoms with Crippen molar-refractivity contribution in [2.75, 3.05) is 0 Å². The quantitative estimate of drug-likeness (QED) is 0.852. The SMILES string of the molecule is CCc1cc(O)cc(CC)c1Cc1ccccc1. The van der Waals surface area contributed by atoms with E-state index in [1.165, 1.54) is 22.3 Å². The lowest BCUT2D eigenvalue weighted by Crippen LogP contribution is -2.00. The van der Waals surface area contributed by atoms with Crippen LogP contribution in [0.3, 0.4) is 0 Å². The third kappa shape index (κ3) is 2.73. The highest BCUT2D eigenvalue weighted by molar-refractivity contribution is 5.44. The van der Waals surface area contributed by atoms with Crippen LogP contribution in [0.1, 0.15) is 36.1 Å². The van der Waals surface area contributed by atoms with Gasteiger partial charge in [-0.2, -0.15) is 0 Å². The van der Waals surface area contributed by atoms with Gasteiger partial charge in [0, 0.05) is 0 Å². The Kier molecular flexibility index (Phi) is 4.03. The van der Waals surface area contributed by atoms with E-state index < -0.39 is 0 Å². The van der Waals surface area contributed by atoms with Crippen LogP contribution in [0.4, 0.5) is 0 Å². The van der Waals surface area contributed by atoms with Gasteiger partial charge in [-0.05, 0) is 53.6 Å². The monoisotopic (exact) mass is 240 g/mol. The fraction of sp³-hybridized carbons (Fsp3) is 0.294. The van der Waals surface area contributed by atoms with Crippen LogP contribution in [-0.2, 0) is 19.3 Å². The van der Waals surface area contributed by atoms with E-state index in [9.17, 15) is 5.11 Å². The highest BCUT2D eigenvalue weighted by Crippen LogP contribution is 2.25. The first kappa shape index (κ1) is 12.7. The van der Waals surface area contributed by atoms with Crippen LogP contribution in [-0.4, -0.2) is 5.11 Å². The standard InChI is InChI=1S/C17H20O/c1-3-14-11-16(18)12-15(4-2)17(14)10-13-8-6-5-7-9-13/h5-9,11-12,18H,3-4,10H2,1-2H3. The van der Waals surface area contributed by atoms with Gasteiger partial charge in [0.25, 0.3) is 0 Å². The molecule has 0 atom stereocenters. The minimum Gasteiger partial charge on any atom is -0.508 e. The van der Waals surface area contributed by atoms with Crippen molar-refractivity contribution in [3.63, 3.8) is 0 Å². The predicted molar refractivity (Wildman–Crippen MR) is 76.1 cm³/mol. The number of rotatable bonds is 4. The Morgan fingerprint density at radius 1 is 0.889 bits per heavy atom. The van der Waals surface area contributed by atoms with E-state index in [2.05, 4.69) is 38.1 Å². The summed E-state index contributed by atoms with van der Waals surface area (Å²) in [4.78, 5) is 0. The summed E-state index contributed by atoms with van der Waals surface area (Å²) in [6.07, 6.45) is 2.88. The zero-order chi connectivity index (χ0) is 13.0. The first-order valence-electron chi connectivity index (χ1n) is 6.62. The second-order valence-electron chi connectivity index (χ2n) is 4.61. The molecule has 94 valence electrons.